The zero-order chi connectivity index (χ0) is 13.2. The van der Waals surface area contributed by atoms with E-state index < -0.39 is 0 Å². The van der Waals surface area contributed by atoms with E-state index in [4.69, 9.17) is 10.6 Å². The quantitative estimate of drug-likeness (QED) is 0.645. The lowest BCUT2D eigenvalue weighted by Crippen LogP contribution is -2.35. The van der Waals surface area contributed by atoms with Crippen molar-refractivity contribution in [2.45, 2.75) is 25.4 Å². The number of nitrogens with zero attached hydrogens (tertiary/aromatic N) is 2. The van der Waals surface area contributed by atoms with Crippen molar-refractivity contribution in [1.29, 1.82) is 0 Å². The molecule has 0 amide bonds. The molecule has 1 aliphatic heterocycles. The van der Waals surface area contributed by atoms with Crippen molar-refractivity contribution in [2.75, 3.05) is 6.61 Å². The average Bonchev–Trinajstić information content (AvgIpc) is 3.07. The summed E-state index contributed by atoms with van der Waals surface area (Å²) >= 11 is 0. The predicted molar refractivity (Wildman–Crippen MR) is 72.6 cm³/mol. The van der Waals surface area contributed by atoms with Gasteiger partial charge in [0.05, 0.1) is 12.6 Å². The van der Waals surface area contributed by atoms with Crippen LogP contribution in [0, 0.1) is 0 Å². The van der Waals surface area contributed by atoms with Crippen LogP contribution < -0.4 is 16.0 Å². The Kier molecular flexibility index (Phi) is 3.23. The Morgan fingerprint density at radius 2 is 2.37 bits per heavy atom. The molecule has 1 aromatic carbocycles. The van der Waals surface area contributed by atoms with Gasteiger partial charge in [0.25, 0.3) is 0 Å². The fourth-order valence-corrected chi connectivity index (χ4v) is 2.70. The SMILES string of the molecule is CCn1ccnc1C(NN)C1COc2ccccc21. The second-order valence-corrected chi connectivity index (χ2v) is 4.67. The van der Waals surface area contributed by atoms with Gasteiger partial charge in [-0.05, 0) is 13.0 Å². The summed E-state index contributed by atoms with van der Waals surface area (Å²) in [6.07, 6.45) is 3.78. The largest absolute Gasteiger partial charge is 0.493 e. The first kappa shape index (κ1) is 12.2. The maximum Gasteiger partial charge on any atom is 0.127 e. The number of hydrogen-bond acceptors (Lipinski definition) is 4. The highest BCUT2D eigenvalue weighted by molar-refractivity contribution is 5.41. The first-order valence-electron chi connectivity index (χ1n) is 6.54. The number of benzene rings is 1. The minimum absolute atomic E-state index is 0.0430. The Morgan fingerprint density at radius 3 is 3.16 bits per heavy atom. The lowest BCUT2D eigenvalue weighted by atomic mass is 9.93. The highest BCUT2D eigenvalue weighted by atomic mass is 16.5. The zero-order valence-corrected chi connectivity index (χ0v) is 10.9. The van der Waals surface area contributed by atoms with Crippen LogP contribution in [0.25, 0.3) is 0 Å². The third kappa shape index (κ3) is 2.01. The van der Waals surface area contributed by atoms with Crippen molar-refractivity contribution in [2.24, 2.45) is 5.84 Å². The van der Waals surface area contributed by atoms with Crippen LogP contribution in [0.1, 0.15) is 30.3 Å². The molecule has 100 valence electrons. The number of aryl methyl sites for hydroxylation is 1. The van der Waals surface area contributed by atoms with E-state index in [1.807, 2.05) is 30.6 Å². The molecule has 0 aliphatic carbocycles. The second-order valence-electron chi connectivity index (χ2n) is 4.67. The lowest BCUT2D eigenvalue weighted by Gasteiger charge is -2.22. The number of fused-ring (bicyclic) bond motifs is 1. The van der Waals surface area contributed by atoms with Gasteiger partial charge < -0.3 is 9.30 Å². The molecular formula is C14H18N4O. The van der Waals surface area contributed by atoms with Gasteiger partial charge in [0.2, 0.25) is 0 Å². The van der Waals surface area contributed by atoms with E-state index >= 15 is 0 Å². The molecule has 0 saturated carbocycles. The molecule has 0 bridgehead atoms. The summed E-state index contributed by atoms with van der Waals surface area (Å²) in [6, 6.07) is 8.06. The van der Waals surface area contributed by atoms with Gasteiger partial charge in [0, 0.05) is 30.4 Å². The van der Waals surface area contributed by atoms with Crippen LogP contribution in [0.15, 0.2) is 36.7 Å². The molecule has 0 radical (unpaired) electrons. The van der Waals surface area contributed by atoms with Crippen molar-refractivity contribution >= 4 is 0 Å². The van der Waals surface area contributed by atoms with E-state index in [9.17, 15) is 0 Å². The molecule has 2 aromatic rings. The Bertz CT molecular complexity index is 566. The third-order valence-corrected chi connectivity index (χ3v) is 3.69. The Labute approximate surface area is 112 Å². The summed E-state index contributed by atoms with van der Waals surface area (Å²) in [7, 11) is 0. The molecule has 5 heteroatoms. The third-order valence-electron chi connectivity index (χ3n) is 3.69. The number of para-hydroxylation sites is 1. The molecule has 0 saturated heterocycles. The number of nitrogens with two attached hydrogens (primary N) is 1. The summed E-state index contributed by atoms with van der Waals surface area (Å²) in [5.74, 6) is 7.86. The van der Waals surface area contributed by atoms with Gasteiger partial charge in [-0.3, -0.25) is 5.84 Å². The predicted octanol–water partition coefficient (Wildman–Crippen LogP) is 1.58. The van der Waals surface area contributed by atoms with Crippen LogP contribution in [0.5, 0.6) is 5.75 Å². The first-order valence-corrected chi connectivity index (χ1v) is 6.54. The number of hydrogen-bond donors (Lipinski definition) is 2. The molecule has 3 rings (SSSR count). The number of hydrazine groups is 1. The zero-order valence-electron chi connectivity index (χ0n) is 10.9. The smallest absolute Gasteiger partial charge is 0.127 e. The molecule has 2 unspecified atom stereocenters. The van der Waals surface area contributed by atoms with Crippen LogP contribution >= 0.6 is 0 Å². The van der Waals surface area contributed by atoms with Crippen molar-refractivity contribution in [3.05, 3.63) is 48.0 Å². The molecule has 3 N–H and O–H groups in total. The van der Waals surface area contributed by atoms with Gasteiger partial charge in [0.1, 0.15) is 11.6 Å². The molecule has 0 spiro atoms. The van der Waals surface area contributed by atoms with Gasteiger partial charge in [0.15, 0.2) is 0 Å². The maximum atomic E-state index is 5.77. The van der Waals surface area contributed by atoms with Gasteiger partial charge in [-0.25, -0.2) is 10.4 Å². The summed E-state index contributed by atoms with van der Waals surface area (Å²) in [5.41, 5.74) is 4.09. The van der Waals surface area contributed by atoms with Crippen LogP contribution in [-0.4, -0.2) is 16.2 Å². The fourth-order valence-electron chi connectivity index (χ4n) is 2.70. The standard InChI is InChI=1S/C14H18N4O/c1-2-18-8-7-16-14(18)13(17-15)11-9-19-12-6-4-3-5-10(11)12/h3-8,11,13,17H,2,9,15H2,1H3. The normalized spacial score (nSPS) is 18.9. The number of aromatic nitrogens is 2. The molecule has 1 aromatic heterocycles. The minimum Gasteiger partial charge on any atom is -0.493 e. The molecular weight excluding hydrogens is 240 g/mol. The van der Waals surface area contributed by atoms with Crippen molar-refractivity contribution < 1.29 is 4.74 Å². The average molecular weight is 258 g/mol. The highest BCUT2D eigenvalue weighted by Crippen LogP contribution is 2.40. The summed E-state index contributed by atoms with van der Waals surface area (Å²) < 4.78 is 7.84. The second kappa shape index (κ2) is 5.03. The number of ether oxygens (including phenoxy) is 1. The monoisotopic (exact) mass is 258 g/mol. The van der Waals surface area contributed by atoms with E-state index in [-0.39, 0.29) is 12.0 Å². The van der Waals surface area contributed by atoms with Crippen molar-refractivity contribution in [3.63, 3.8) is 0 Å². The van der Waals surface area contributed by atoms with Gasteiger partial charge >= 0.3 is 0 Å². The van der Waals surface area contributed by atoms with Crippen molar-refractivity contribution in [1.82, 2.24) is 15.0 Å². The van der Waals surface area contributed by atoms with E-state index in [2.05, 4.69) is 28.0 Å². The molecule has 5 nitrogen and oxygen atoms in total. The van der Waals surface area contributed by atoms with Crippen LogP contribution in [0.2, 0.25) is 0 Å². The van der Waals surface area contributed by atoms with E-state index in [0.29, 0.717) is 6.61 Å². The first-order chi connectivity index (χ1) is 9.35. The van der Waals surface area contributed by atoms with Gasteiger partial charge in [-0.1, -0.05) is 18.2 Å². The van der Waals surface area contributed by atoms with Crippen LogP contribution in [-0.2, 0) is 6.54 Å². The number of nitrogens with one attached hydrogen (secondary N) is 1. The van der Waals surface area contributed by atoms with Crippen molar-refractivity contribution in [3.8, 4) is 5.75 Å². The fraction of sp³-hybridized carbons (Fsp3) is 0.357. The lowest BCUT2D eigenvalue weighted by molar-refractivity contribution is 0.293. The van der Waals surface area contributed by atoms with Crippen LogP contribution in [0.3, 0.4) is 0 Å². The van der Waals surface area contributed by atoms with Gasteiger partial charge in [-0.15, -0.1) is 0 Å². The Balaban J connectivity index is 1.97. The van der Waals surface area contributed by atoms with Crippen LogP contribution in [0.4, 0.5) is 0 Å². The summed E-state index contributed by atoms with van der Waals surface area (Å²) in [6.45, 7) is 3.60. The summed E-state index contributed by atoms with van der Waals surface area (Å²) in [4.78, 5) is 4.44. The molecule has 19 heavy (non-hydrogen) atoms. The number of imidazole rings is 1. The molecule has 0 fully saturated rings. The molecule has 1 aliphatic rings. The summed E-state index contributed by atoms with van der Waals surface area (Å²) in [5, 5.41) is 0. The van der Waals surface area contributed by atoms with Gasteiger partial charge in [-0.2, -0.15) is 0 Å². The van der Waals surface area contributed by atoms with E-state index in [0.717, 1.165) is 18.1 Å². The minimum atomic E-state index is -0.0430. The highest BCUT2D eigenvalue weighted by Gasteiger charge is 2.33. The molecule has 2 heterocycles. The number of rotatable bonds is 4. The Hall–Kier alpha value is -1.85. The van der Waals surface area contributed by atoms with E-state index in [1.165, 1.54) is 5.56 Å². The topological polar surface area (TPSA) is 65.1 Å². The maximum absolute atomic E-state index is 5.77. The van der Waals surface area contributed by atoms with E-state index in [1.54, 1.807) is 0 Å². The Morgan fingerprint density at radius 1 is 1.53 bits per heavy atom. The molecule has 2 atom stereocenters.